The van der Waals surface area contributed by atoms with E-state index in [1.807, 2.05) is 0 Å². The van der Waals surface area contributed by atoms with Gasteiger partial charge in [0.25, 0.3) is 0 Å². The maximum Gasteiger partial charge on any atom is 0.194 e. The second-order valence-corrected chi connectivity index (χ2v) is 4.95. The number of rotatable bonds is 2. The van der Waals surface area contributed by atoms with Gasteiger partial charge in [0, 0.05) is 10.0 Å². The lowest BCUT2D eigenvalue weighted by Crippen LogP contribution is -2.03. The predicted molar refractivity (Wildman–Crippen MR) is 55.3 cm³/mol. The molecule has 0 bridgehead atoms. The van der Waals surface area contributed by atoms with Gasteiger partial charge in [0.05, 0.1) is 5.38 Å². The van der Waals surface area contributed by atoms with Crippen LogP contribution < -0.4 is 0 Å². The molecule has 0 aromatic heterocycles. The summed E-state index contributed by atoms with van der Waals surface area (Å²) in [7, 11) is 0. The van der Waals surface area contributed by atoms with E-state index in [0.29, 0.717) is 0 Å². The van der Waals surface area contributed by atoms with Gasteiger partial charge in [-0.15, -0.1) is 11.6 Å². The fourth-order valence-electron chi connectivity index (χ4n) is 1.46. The molecule has 0 N–H and O–H groups in total. The number of alkyl halides is 1. The summed E-state index contributed by atoms with van der Waals surface area (Å²) in [4.78, 5) is 0. The van der Waals surface area contributed by atoms with Crippen LogP contribution in [0.2, 0.25) is 0 Å². The third-order valence-electron chi connectivity index (χ3n) is 2.46. The quantitative estimate of drug-likeness (QED) is 0.427. The molecule has 0 radical (unpaired) electrons. The van der Waals surface area contributed by atoms with E-state index in [2.05, 4.69) is 15.9 Å². The lowest BCUT2D eigenvalue weighted by molar-refractivity contribution is 0.437. The Morgan fingerprint density at radius 1 is 1.27 bits per heavy atom. The van der Waals surface area contributed by atoms with Gasteiger partial charge in [-0.1, -0.05) is 15.9 Å². The van der Waals surface area contributed by atoms with Crippen LogP contribution in [-0.4, -0.2) is 0 Å². The van der Waals surface area contributed by atoms with Crippen LogP contribution in [0.5, 0.6) is 0 Å². The molecule has 0 nitrogen and oxygen atoms in total. The zero-order valence-corrected chi connectivity index (χ0v) is 9.88. The summed E-state index contributed by atoms with van der Waals surface area (Å²) in [6.45, 7) is 0. The van der Waals surface area contributed by atoms with Gasteiger partial charge in [-0.2, -0.15) is 0 Å². The molecule has 1 atom stereocenters. The molecule has 15 heavy (non-hydrogen) atoms. The van der Waals surface area contributed by atoms with Gasteiger partial charge in [0.15, 0.2) is 17.5 Å². The Morgan fingerprint density at radius 2 is 1.87 bits per heavy atom. The molecule has 0 heterocycles. The molecule has 1 aromatic rings. The molecule has 2 rings (SSSR count). The zero-order chi connectivity index (χ0) is 11.2. The predicted octanol–water partition coefficient (Wildman–Crippen LogP) is 4.56. The van der Waals surface area contributed by atoms with Crippen molar-refractivity contribution in [2.75, 3.05) is 0 Å². The van der Waals surface area contributed by atoms with Crippen molar-refractivity contribution < 1.29 is 13.2 Å². The van der Waals surface area contributed by atoms with Crippen molar-refractivity contribution in [3.05, 3.63) is 33.6 Å². The summed E-state index contributed by atoms with van der Waals surface area (Å²) in [5.74, 6) is -3.68. The Bertz CT molecular complexity index is 404. The minimum absolute atomic E-state index is 0.0260. The van der Waals surface area contributed by atoms with Crippen molar-refractivity contribution in [1.29, 1.82) is 0 Å². The smallest absolute Gasteiger partial charge is 0.194 e. The van der Waals surface area contributed by atoms with Crippen LogP contribution in [0.15, 0.2) is 10.5 Å². The second kappa shape index (κ2) is 3.98. The van der Waals surface area contributed by atoms with Gasteiger partial charge in [-0.3, -0.25) is 0 Å². The van der Waals surface area contributed by atoms with Gasteiger partial charge in [-0.05, 0) is 24.8 Å². The maximum absolute atomic E-state index is 13.4. The van der Waals surface area contributed by atoms with E-state index in [9.17, 15) is 13.2 Å². The lowest BCUT2D eigenvalue weighted by atomic mass is 10.1. The van der Waals surface area contributed by atoms with Gasteiger partial charge in [0.2, 0.25) is 0 Å². The normalized spacial score (nSPS) is 17.9. The Balaban J connectivity index is 2.49. The van der Waals surface area contributed by atoms with Crippen molar-refractivity contribution >= 4 is 27.5 Å². The lowest BCUT2D eigenvalue weighted by Gasteiger charge is -2.12. The molecule has 1 unspecified atom stereocenters. The molecule has 1 aromatic carbocycles. The first-order valence-electron chi connectivity index (χ1n) is 4.49. The van der Waals surface area contributed by atoms with Gasteiger partial charge in [-0.25, -0.2) is 13.2 Å². The molecular weight excluding hydrogens is 292 g/mol. The molecular formula is C10H7BrClF3. The number of hydrogen-bond acceptors (Lipinski definition) is 0. The first-order chi connectivity index (χ1) is 7.02. The molecule has 1 aliphatic rings. The summed E-state index contributed by atoms with van der Waals surface area (Å²) in [6, 6.07) is 0.908. The van der Waals surface area contributed by atoms with Crippen LogP contribution in [0, 0.1) is 23.4 Å². The van der Waals surface area contributed by atoms with E-state index in [-0.39, 0.29) is 16.0 Å². The highest BCUT2D eigenvalue weighted by Crippen LogP contribution is 2.48. The van der Waals surface area contributed by atoms with Crippen LogP contribution in [0.4, 0.5) is 13.2 Å². The van der Waals surface area contributed by atoms with Crippen molar-refractivity contribution in [2.45, 2.75) is 18.2 Å². The van der Waals surface area contributed by atoms with Crippen LogP contribution >= 0.6 is 27.5 Å². The summed E-state index contributed by atoms with van der Waals surface area (Å²) in [5, 5.41) is -0.588. The van der Waals surface area contributed by atoms with Gasteiger partial charge < -0.3 is 0 Å². The fraction of sp³-hybridized carbons (Fsp3) is 0.400. The Morgan fingerprint density at radius 3 is 2.40 bits per heavy atom. The highest BCUT2D eigenvalue weighted by atomic mass is 79.9. The Kier molecular flexibility index (Phi) is 2.99. The van der Waals surface area contributed by atoms with Crippen molar-refractivity contribution in [2.24, 2.45) is 5.92 Å². The summed E-state index contributed by atoms with van der Waals surface area (Å²) < 4.78 is 39.4. The second-order valence-electron chi connectivity index (χ2n) is 3.62. The van der Waals surface area contributed by atoms with E-state index in [0.717, 1.165) is 18.9 Å². The SMILES string of the molecule is Fc1cc(Br)c(C(Cl)C2CC2)c(F)c1F. The molecule has 1 saturated carbocycles. The summed E-state index contributed by atoms with van der Waals surface area (Å²) in [6.07, 6.45) is 1.80. The monoisotopic (exact) mass is 298 g/mol. The van der Waals surface area contributed by atoms with E-state index >= 15 is 0 Å². The average molecular weight is 300 g/mol. The molecule has 82 valence electrons. The summed E-state index contributed by atoms with van der Waals surface area (Å²) >= 11 is 8.98. The Labute approximate surface area is 98.6 Å². The highest BCUT2D eigenvalue weighted by molar-refractivity contribution is 9.10. The molecule has 0 saturated heterocycles. The fourth-order valence-corrected chi connectivity index (χ4v) is 2.68. The molecule has 0 amide bonds. The van der Waals surface area contributed by atoms with Crippen molar-refractivity contribution in [3.8, 4) is 0 Å². The van der Waals surface area contributed by atoms with E-state index in [1.54, 1.807) is 0 Å². The minimum atomic E-state index is -1.46. The van der Waals surface area contributed by atoms with Gasteiger partial charge in [0.1, 0.15) is 0 Å². The molecule has 0 spiro atoms. The minimum Gasteiger partial charge on any atom is -0.204 e. The molecule has 1 aliphatic carbocycles. The molecule has 0 aliphatic heterocycles. The third-order valence-corrected chi connectivity index (χ3v) is 3.69. The maximum atomic E-state index is 13.4. The standard InChI is InChI=1S/C10H7BrClF3/c11-5-3-6(13)9(14)10(15)7(5)8(12)4-1-2-4/h3-4,8H,1-2H2. The third kappa shape index (κ3) is 2.02. The number of hydrogen-bond donors (Lipinski definition) is 0. The van der Waals surface area contributed by atoms with E-state index in [4.69, 9.17) is 11.6 Å². The average Bonchev–Trinajstić information content (AvgIpc) is 2.97. The molecule has 5 heteroatoms. The van der Waals surface area contributed by atoms with Crippen LogP contribution in [0.3, 0.4) is 0 Å². The van der Waals surface area contributed by atoms with E-state index < -0.39 is 22.8 Å². The zero-order valence-electron chi connectivity index (χ0n) is 7.54. The first kappa shape index (κ1) is 11.3. The first-order valence-corrected chi connectivity index (χ1v) is 5.72. The summed E-state index contributed by atoms with van der Waals surface area (Å²) in [5.41, 5.74) is 0.0260. The van der Waals surface area contributed by atoms with Gasteiger partial charge >= 0.3 is 0 Å². The Hall–Kier alpha value is -0.220. The van der Waals surface area contributed by atoms with Crippen LogP contribution in [0.1, 0.15) is 23.8 Å². The molecule has 1 fully saturated rings. The number of halogens is 5. The van der Waals surface area contributed by atoms with Crippen molar-refractivity contribution in [3.63, 3.8) is 0 Å². The van der Waals surface area contributed by atoms with E-state index in [1.165, 1.54) is 0 Å². The largest absolute Gasteiger partial charge is 0.204 e. The number of benzene rings is 1. The van der Waals surface area contributed by atoms with Crippen molar-refractivity contribution in [1.82, 2.24) is 0 Å². The van der Waals surface area contributed by atoms with Crippen LogP contribution in [-0.2, 0) is 0 Å². The highest BCUT2D eigenvalue weighted by Gasteiger charge is 2.35. The topological polar surface area (TPSA) is 0 Å². The van der Waals surface area contributed by atoms with Crippen LogP contribution in [0.25, 0.3) is 0 Å².